The minimum absolute atomic E-state index is 0.0352. The number of carbonyl (C=O) groups excluding carboxylic acids is 1. The van der Waals surface area contributed by atoms with Crippen molar-refractivity contribution in [1.29, 1.82) is 0 Å². The van der Waals surface area contributed by atoms with Crippen LogP contribution in [-0.2, 0) is 0 Å². The van der Waals surface area contributed by atoms with E-state index in [1.165, 1.54) is 6.42 Å². The number of amides is 1. The van der Waals surface area contributed by atoms with Gasteiger partial charge in [-0.05, 0) is 67.8 Å². The van der Waals surface area contributed by atoms with Gasteiger partial charge in [0.05, 0.1) is 7.11 Å². The number of rotatable bonds is 4. The van der Waals surface area contributed by atoms with E-state index in [4.69, 9.17) is 4.74 Å². The van der Waals surface area contributed by atoms with Crippen LogP contribution in [-0.4, -0.2) is 45.7 Å². The maximum atomic E-state index is 13.0. The monoisotopic (exact) mass is 377 g/mol. The molecule has 1 N–H and O–H groups in total. The lowest BCUT2D eigenvalue weighted by molar-refractivity contribution is 0.0719. The maximum absolute atomic E-state index is 13.0. The first-order valence-corrected chi connectivity index (χ1v) is 9.48. The molecule has 1 amide bonds. The van der Waals surface area contributed by atoms with Crippen LogP contribution in [0.3, 0.4) is 0 Å². The van der Waals surface area contributed by atoms with Crippen LogP contribution >= 0.6 is 0 Å². The van der Waals surface area contributed by atoms with Crippen LogP contribution < -0.4 is 4.74 Å². The Morgan fingerprint density at radius 3 is 2.32 bits per heavy atom. The van der Waals surface area contributed by atoms with Gasteiger partial charge < -0.3 is 14.7 Å². The van der Waals surface area contributed by atoms with Crippen molar-refractivity contribution in [3.05, 3.63) is 60.4 Å². The first-order chi connectivity index (χ1) is 13.7. The fourth-order valence-electron chi connectivity index (χ4n) is 3.50. The van der Waals surface area contributed by atoms with Crippen LogP contribution in [0, 0.1) is 0 Å². The van der Waals surface area contributed by atoms with Gasteiger partial charge in [-0.2, -0.15) is 0 Å². The average molecular weight is 377 g/mol. The van der Waals surface area contributed by atoms with Crippen molar-refractivity contribution >= 4 is 5.91 Å². The van der Waals surface area contributed by atoms with Crippen molar-refractivity contribution in [3.63, 3.8) is 0 Å². The highest BCUT2D eigenvalue weighted by atomic mass is 16.5. The van der Waals surface area contributed by atoms with Crippen molar-refractivity contribution in [2.24, 2.45) is 0 Å². The Bertz CT molecular complexity index is 956. The molecular weight excluding hydrogens is 354 g/mol. The third kappa shape index (κ3) is 3.58. The number of carbonyl (C=O) groups is 1. The highest BCUT2D eigenvalue weighted by Crippen LogP contribution is 2.27. The lowest BCUT2D eigenvalue weighted by Gasteiger charge is -2.25. The number of hydrogen-bond donors (Lipinski definition) is 1. The molecule has 3 aromatic rings. The number of piperidine rings is 1. The Balaban J connectivity index is 1.76. The fraction of sp³-hybridized carbons (Fsp3) is 0.273. The van der Waals surface area contributed by atoms with Gasteiger partial charge in [0.15, 0.2) is 0 Å². The van der Waals surface area contributed by atoms with Gasteiger partial charge in [0.1, 0.15) is 23.0 Å². The van der Waals surface area contributed by atoms with Crippen LogP contribution in [0.1, 0.15) is 29.8 Å². The molecule has 1 aliphatic heterocycles. The number of nitrogens with zero attached hydrogens (tertiary/aromatic N) is 3. The highest BCUT2D eigenvalue weighted by Gasteiger charge is 2.23. The number of likely N-dealkylation sites (tertiary alicyclic amines) is 1. The number of aromatic hydroxyl groups is 1. The molecule has 0 radical (unpaired) electrons. The molecule has 0 saturated carbocycles. The number of imidazole rings is 1. The number of aromatic nitrogens is 2. The zero-order valence-corrected chi connectivity index (χ0v) is 15.8. The molecular formula is C22H23N3O3. The summed E-state index contributed by atoms with van der Waals surface area (Å²) in [7, 11) is 1.63. The molecule has 2 aromatic carbocycles. The molecule has 1 fully saturated rings. The summed E-state index contributed by atoms with van der Waals surface area (Å²) in [5, 5.41) is 9.61. The molecule has 1 aromatic heterocycles. The lowest BCUT2D eigenvalue weighted by atomic mass is 10.1. The minimum Gasteiger partial charge on any atom is -0.508 e. The van der Waals surface area contributed by atoms with Crippen molar-refractivity contribution in [1.82, 2.24) is 14.5 Å². The molecule has 0 aliphatic carbocycles. The van der Waals surface area contributed by atoms with E-state index in [1.54, 1.807) is 37.6 Å². The molecule has 2 heterocycles. The molecule has 6 nitrogen and oxygen atoms in total. The Hall–Kier alpha value is -3.28. The fourth-order valence-corrected chi connectivity index (χ4v) is 3.50. The van der Waals surface area contributed by atoms with Gasteiger partial charge in [0, 0.05) is 30.5 Å². The number of methoxy groups -OCH3 is 1. The van der Waals surface area contributed by atoms with E-state index in [-0.39, 0.29) is 11.7 Å². The molecule has 0 unspecified atom stereocenters. The molecule has 0 bridgehead atoms. The topological polar surface area (TPSA) is 67.6 Å². The van der Waals surface area contributed by atoms with Gasteiger partial charge in [-0.15, -0.1) is 0 Å². The summed E-state index contributed by atoms with van der Waals surface area (Å²) < 4.78 is 7.13. The normalized spacial score (nSPS) is 14.1. The van der Waals surface area contributed by atoms with Gasteiger partial charge in [0.2, 0.25) is 0 Å². The Labute approximate surface area is 164 Å². The largest absolute Gasteiger partial charge is 0.508 e. The maximum Gasteiger partial charge on any atom is 0.274 e. The van der Waals surface area contributed by atoms with Gasteiger partial charge in [-0.25, -0.2) is 4.98 Å². The van der Waals surface area contributed by atoms with Gasteiger partial charge in [-0.1, -0.05) is 0 Å². The molecule has 28 heavy (non-hydrogen) atoms. The van der Waals surface area contributed by atoms with E-state index in [2.05, 4.69) is 4.98 Å². The van der Waals surface area contributed by atoms with Crippen molar-refractivity contribution in [2.45, 2.75) is 19.3 Å². The summed E-state index contributed by atoms with van der Waals surface area (Å²) in [6, 6.07) is 14.5. The average Bonchev–Trinajstić information content (AvgIpc) is 3.20. The molecule has 1 aliphatic rings. The number of phenols is 1. The number of ether oxygens (including phenoxy) is 1. The van der Waals surface area contributed by atoms with Crippen LogP contribution in [0.4, 0.5) is 0 Å². The lowest BCUT2D eigenvalue weighted by Crippen LogP contribution is -2.35. The first-order valence-electron chi connectivity index (χ1n) is 9.48. The second-order valence-electron chi connectivity index (χ2n) is 6.92. The molecule has 0 atom stereocenters. The number of benzene rings is 2. The van der Waals surface area contributed by atoms with E-state index in [9.17, 15) is 9.90 Å². The predicted molar refractivity (Wildman–Crippen MR) is 107 cm³/mol. The first kappa shape index (κ1) is 18.1. The second-order valence-corrected chi connectivity index (χ2v) is 6.92. The number of phenolic OH excluding ortho intramolecular Hbond substituents is 1. The third-order valence-electron chi connectivity index (χ3n) is 5.04. The minimum atomic E-state index is -0.0352. The molecule has 144 valence electrons. The predicted octanol–water partition coefficient (Wildman–Crippen LogP) is 3.88. The van der Waals surface area contributed by atoms with Gasteiger partial charge in [0.25, 0.3) is 5.91 Å². The zero-order valence-electron chi connectivity index (χ0n) is 15.8. The summed E-state index contributed by atoms with van der Waals surface area (Å²) in [5.41, 5.74) is 2.14. The standard InChI is InChI=1S/C22H23N3O3/c1-28-19-11-5-16(6-12-19)21-23-20(22(27)24-13-3-2-4-14-24)15-25(21)17-7-9-18(26)10-8-17/h5-12,15,26H,2-4,13-14H2,1H3. The number of hydrogen-bond acceptors (Lipinski definition) is 4. The molecule has 1 saturated heterocycles. The summed E-state index contributed by atoms with van der Waals surface area (Å²) in [6.45, 7) is 1.56. The van der Waals surface area contributed by atoms with Crippen molar-refractivity contribution in [2.75, 3.05) is 20.2 Å². The summed E-state index contributed by atoms with van der Waals surface area (Å²) >= 11 is 0. The van der Waals surface area contributed by atoms with Crippen LogP contribution in [0.2, 0.25) is 0 Å². The Kier molecular flexibility index (Phi) is 5.02. The van der Waals surface area contributed by atoms with Crippen LogP contribution in [0.25, 0.3) is 17.1 Å². The smallest absolute Gasteiger partial charge is 0.274 e. The van der Waals surface area contributed by atoms with Crippen LogP contribution in [0.15, 0.2) is 54.7 Å². The molecule has 0 spiro atoms. The quantitative estimate of drug-likeness (QED) is 0.749. The third-order valence-corrected chi connectivity index (χ3v) is 5.04. The zero-order chi connectivity index (χ0) is 19.5. The van der Waals surface area contributed by atoms with E-state index < -0.39 is 0 Å². The van der Waals surface area contributed by atoms with Gasteiger partial charge >= 0.3 is 0 Å². The summed E-state index contributed by atoms with van der Waals surface area (Å²) in [6.07, 6.45) is 5.03. The Morgan fingerprint density at radius 1 is 1.00 bits per heavy atom. The van der Waals surface area contributed by atoms with Crippen LogP contribution in [0.5, 0.6) is 11.5 Å². The molecule has 4 rings (SSSR count). The molecule has 6 heteroatoms. The van der Waals surface area contributed by atoms with E-state index in [0.717, 1.165) is 42.9 Å². The van der Waals surface area contributed by atoms with Gasteiger partial charge in [-0.3, -0.25) is 9.36 Å². The van der Waals surface area contributed by atoms with E-state index in [1.807, 2.05) is 33.7 Å². The second kappa shape index (κ2) is 7.76. The van der Waals surface area contributed by atoms with Crippen molar-refractivity contribution in [3.8, 4) is 28.6 Å². The highest BCUT2D eigenvalue weighted by molar-refractivity contribution is 5.93. The van der Waals surface area contributed by atoms with E-state index in [0.29, 0.717) is 11.5 Å². The van der Waals surface area contributed by atoms with Crippen molar-refractivity contribution < 1.29 is 14.6 Å². The summed E-state index contributed by atoms with van der Waals surface area (Å²) in [5.74, 6) is 1.59. The summed E-state index contributed by atoms with van der Waals surface area (Å²) in [4.78, 5) is 19.5. The van der Waals surface area contributed by atoms with E-state index >= 15 is 0 Å². The SMILES string of the molecule is COc1ccc(-c2nc(C(=O)N3CCCCC3)cn2-c2ccc(O)cc2)cc1. The Morgan fingerprint density at radius 2 is 1.68 bits per heavy atom.